The average molecular weight is 609 g/mol. The second-order valence-corrected chi connectivity index (χ2v) is 18.7. The molecule has 2 saturated carbocycles. The van der Waals surface area contributed by atoms with Crippen LogP contribution in [-0.4, -0.2) is 75.2 Å². The molecule has 1 aliphatic heterocycles. The van der Waals surface area contributed by atoms with E-state index in [1.165, 1.54) is 32.4 Å². The van der Waals surface area contributed by atoms with E-state index in [4.69, 9.17) is 22.1 Å². The first-order valence-corrected chi connectivity index (χ1v) is 19.6. The van der Waals surface area contributed by atoms with Crippen LogP contribution in [0.2, 0.25) is 18.6 Å². The van der Waals surface area contributed by atoms with Crippen LogP contribution >= 0.6 is 0 Å². The molecule has 41 heavy (non-hydrogen) atoms. The maximum absolute atomic E-state index is 10.7. The van der Waals surface area contributed by atoms with Crippen LogP contribution in [0.5, 0.6) is 0 Å². The van der Waals surface area contributed by atoms with E-state index in [-0.39, 0.29) is 12.1 Å². The number of hydrogen-bond acceptors (Lipinski definition) is 8. The number of carbonyl (C=O) groups is 1. The molecule has 7 atom stereocenters. The van der Waals surface area contributed by atoms with Gasteiger partial charge in [0, 0.05) is 33.4 Å². The van der Waals surface area contributed by atoms with E-state index >= 15 is 0 Å². The highest BCUT2D eigenvalue weighted by Crippen LogP contribution is 2.42. The molecule has 3 fully saturated rings. The van der Waals surface area contributed by atoms with Crippen molar-refractivity contribution in [3.63, 3.8) is 0 Å². The zero-order chi connectivity index (χ0) is 29.9. The van der Waals surface area contributed by atoms with Gasteiger partial charge in [0.15, 0.2) is 0 Å². The number of aliphatic hydroxyl groups is 1. The molecule has 10 heteroatoms. The van der Waals surface area contributed by atoms with Gasteiger partial charge in [-0.15, -0.1) is 0 Å². The van der Waals surface area contributed by atoms with Crippen molar-refractivity contribution >= 4 is 29.4 Å². The first-order valence-electron chi connectivity index (χ1n) is 15.1. The van der Waals surface area contributed by atoms with Crippen LogP contribution in [0.25, 0.3) is 6.08 Å². The highest BCUT2D eigenvalue weighted by atomic mass is 28.5. The number of carbonyl (C=O) groups excluding carboxylic acids is 1. The number of fused-ring (bicyclic) bond motifs is 1. The van der Waals surface area contributed by atoms with Crippen molar-refractivity contribution in [2.75, 3.05) is 28.4 Å². The summed E-state index contributed by atoms with van der Waals surface area (Å²) in [5.41, 5.74) is 0.989. The Morgan fingerprint density at radius 1 is 0.927 bits per heavy atom. The van der Waals surface area contributed by atoms with E-state index < -0.39 is 17.4 Å². The van der Waals surface area contributed by atoms with Crippen molar-refractivity contribution in [1.29, 1.82) is 0 Å². The summed E-state index contributed by atoms with van der Waals surface area (Å²) >= 11 is 0. The van der Waals surface area contributed by atoms with Crippen LogP contribution in [0.15, 0.2) is 36.4 Å². The number of epoxide rings is 1. The molecule has 232 valence electrons. The van der Waals surface area contributed by atoms with E-state index in [1.54, 1.807) is 27.4 Å². The summed E-state index contributed by atoms with van der Waals surface area (Å²) in [6.45, 7) is 4.31. The topological polar surface area (TPSA) is 96.0 Å². The first kappa shape index (κ1) is 34.1. The monoisotopic (exact) mass is 608 g/mol. The molecule has 0 aromatic heterocycles. The molecule has 0 amide bonds. The normalized spacial score (nSPS) is 29.1. The van der Waals surface area contributed by atoms with Crippen molar-refractivity contribution in [3.8, 4) is 0 Å². The Balaban J connectivity index is 0.000000322. The third-order valence-electron chi connectivity index (χ3n) is 9.05. The zero-order valence-electron chi connectivity index (χ0n) is 25.9. The molecule has 1 aromatic carbocycles. The van der Waals surface area contributed by atoms with Crippen LogP contribution in [0.1, 0.15) is 63.9 Å². The van der Waals surface area contributed by atoms with Gasteiger partial charge in [-0.25, -0.2) is 4.79 Å². The van der Waals surface area contributed by atoms with Gasteiger partial charge in [0.05, 0.1) is 25.4 Å². The predicted molar refractivity (Wildman–Crippen MR) is 164 cm³/mol. The van der Waals surface area contributed by atoms with Crippen LogP contribution in [0, 0.1) is 17.8 Å². The molecule has 0 bridgehead atoms. The third-order valence-corrected chi connectivity index (χ3v) is 16.2. The first-order chi connectivity index (χ1) is 19.6. The Kier molecular flexibility index (Phi) is 13.7. The van der Waals surface area contributed by atoms with E-state index in [1.807, 2.05) is 30.3 Å². The highest BCUT2D eigenvalue weighted by molar-refractivity contribution is 6.77. The molecule has 0 spiro atoms. The highest BCUT2D eigenvalue weighted by Gasteiger charge is 2.49. The van der Waals surface area contributed by atoms with Gasteiger partial charge in [-0.1, -0.05) is 37.3 Å². The smallest absolute Gasteiger partial charge is 0.466 e. The quantitative estimate of drug-likeness (QED) is 0.127. The van der Waals surface area contributed by atoms with Crippen molar-refractivity contribution in [3.05, 3.63) is 42.0 Å². The number of methoxy groups -OCH3 is 1. The number of benzene rings is 1. The summed E-state index contributed by atoms with van der Waals surface area (Å²) in [6.07, 6.45) is 12.9. The lowest BCUT2D eigenvalue weighted by molar-refractivity contribution is -0.134. The maximum Gasteiger partial charge on any atom is 0.491 e. The van der Waals surface area contributed by atoms with Gasteiger partial charge in [0.2, 0.25) is 0 Å². The Morgan fingerprint density at radius 3 is 2.20 bits per heavy atom. The van der Waals surface area contributed by atoms with Gasteiger partial charge in [-0.05, 0) is 93.4 Å². The molecule has 2 aliphatic carbocycles. The summed E-state index contributed by atoms with van der Waals surface area (Å²) in [5, 5.41) is 10.00. The summed E-state index contributed by atoms with van der Waals surface area (Å²) in [7, 11) is 1.45. The lowest BCUT2D eigenvalue weighted by Crippen LogP contribution is -2.54. The molecule has 8 nitrogen and oxygen atoms in total. The summed E-state index contributed by atoms with van der Waals surface area (Å²) in [5.74, 6) is 1.39. The molecule has 1 aromatic rings. The summed E-state index contributed by atoms with van der Waals surface area (Å²) in [6, 6.07) is 11.4. The molecule has 0 radical (unpaired) electrons. The Labute approximate surface area is 249 Å². The van der Waals surface area contributed by atoms with Crippen LogP contribution in [0.4, 0.5) is 0 Å². The largest absolute Gasteiger partial charge is 0.491 e. The molecule has 1 saturated heterocycles. The molecular weight excluding hydrogens is 557 g/mol. The maximum atomic E-state index is 10.7. The summed E-state index contributed by atoms with van der Waals surface area (Å²) in [4.78, 5) is 10.7. The van der Waals surface area contributed by atoms with Crippen molar-refractivity contribution < 1.29 is 36.8 Å². The molecule has 3 aliphatic rings. The standard InChI is InChI=1S/C21H42O6Si2.C10H10O2/c1-16-14-17(6-8-19(16)22)10-12-28(5,23-2)27-29(24-3,25-4)13-11-18-7-9-20-21(15-18)26-20;1-12-10(11)8-7-9-5-3-2-4-6-9/h16-22H,6-15H2,1-5H3;2-8H,1H3/b;8-7+. The Hall–Kier alpha value is -1.38. The van der Waals surface area contributed by atoms with E-state index in [0.717, 1.165) is 49.8 Å². The van der Waals surface area contributed by atoms with E-state index in [2.05, 4.69) is 18.2 Å². The lowest BCUT2D eigenvalue weighted by atomic mass is 9.79. The molecular formula is C31H52O8Si2. The van der Waals surface area contributed by atoms with Crippen LogP contribution in [0.3, 0.4) is 0 Å². The predicted octanol–water partition coefficient (Wildman–Crippen LogP) is 5.97. The number of esters is 1. The van der Waals surface area contributed by atoms with Gasteiger partial charge in [-0.3, -0.25) is 0 Å². The van der Waals surface area contributed by atoms with Gasteiger partial charge < -0.3 is 32.0 Å². The number of rotatable bonds is 13. The second-order valence-electron chi connectivity index (χ2n) is 12.0. The van der Waals surface area contributed by atoms with Crippen molar-refractivity contribution in [2.24, 2.45) is 17.8 Å². The zero-order valence-corrected chi connectivity index (χ0v) is 27.9. The number of ether oxygens (including phenoxy) is 2. The molecule has 7 unspecified atom stereocenters. The van der Waals surface area contributed by atoms with Crippen molar-refractivity contribution in [2.45, 2.75) is 95.2 Å². The number of hydrogen-bond donors (Lipinski definition) is 1. The number of aliphatic hydroxyl groups excluding tert-OH is 1. The molecule has 1 heterocycles. The Bertz CT molecular complexity index is 943. The SMILES string of the molecule is COC(=O)/C=C/c1ccccc1.CO[Si](C)(CCC1CCC(O)C(C)C1)O[Si](CCC1CCC2OC2C1)(OC)OC. The van der Waals surface area contributed by atoms with Crippen LogP contribution in [-0.2, 0) is 31.7 Å². The minimum absolute atomic E-state index is 0.133. The Morgan fingerprint density at radius 2 is 1.59 bits per heavy atom. The molecule has 1 N–H and O–H groups in total. The molecule has 4 rings (SSSR count). The fraction of sp³-hybridized carbons (Fsp3) is 0.710. The van der Waals surface area contributed by atoms with Crippen molar-refractivity contribution in [1.82, 2.24) is 0 Å². The second kappa shape index (κ2) is 16.5. The fourth-order valence-electron chi connectivity index (χ4n) is 6.09. The minimum atomic E-state index is -2.75. The van der Waals surface area contributed by atoms with Gasteiger partial charge in [0.25, 0.3) is 0 Å². The van der Waals surface area contributed by atoms with Gasteiger partial charge >= 0.3 is 23.3 Å². The van der Waals surface area contributed by atoms with Crippen LogP contribution < -0.4 is 0 Å². The fourth-order valence-corrected chi connectivity index (χ4v) is 13.0. The summed E-state index contributed by atoms with van der Waals surface area (Å²) < 4.78 is 34.6. The average Bonchev–Trinajstić information content (AvgIpc) is 3.79. The lowest BCUT2D eigenvalue weighted by Gasteiger charge is -2.38. The minimum Gasteiger partial charge on any atom is -0.466 e. The van der Waals surface area contributed by atoms with E-state index in [0.29, 0.717) is 30.0 Å². The van der Waals surface area contributed by atoms with E-state index in [9.17, 15) is 9.90 Å². The van der Waals surface area contributed by atoms with Gasteiger partial charge in [0.1, 0.15) is 0 Å². The third kappa shape index (κ3) is 11.0. The van der Waals surface area contributed by atoms with Gasteiger partial charge in [-0.2, -0.15) is 0 Å².